The van der Waals surface area contributed by atoms with Crippen LogP contribution in [-0.2, 0) is 0 Å². The first-order valence-corrected chi connectivity index (χ1v) is 5.52. The predicted octanol–water partition coefficient (Wildman–Crippen LogP) is 3.11. The summed E-state index contributed by atoms with van der Waals surface area (Å²) < 4.78 is 5.11. The molecule has 18 heavy (non-hydrogen) atoms. The summed E-state index contributed by atoms with van der Waals surface area (Å²) in [7, 11) is 1.55. The average molecular weight is 264 g/mol. The monoisotopic (exact) mass is 263 g/mol. The molecule has 0 saturated carbocycles. The van der Waals surface area contributed by atoms with Gasteiger partial charge in [-0.2, -0.15) is 0 Å². The summed E-state index contributed by atoms with van der Waals surface area (Å²) in [6.07, 6.45) is 2.70. The van der Waals surface area contributed by atoms with E-state index in [4.69, 9.17) is 21.4 Å². The lowest BCUT2D eigenvalue weighted by molar-refractivity contribution is 0.0697. The molecule has 0 radical (unpaired) electrons. The highest BCUT2D eigenvalue weighted by Gasteiger charge is 2.15. The lowest BCUT2D eigenvalue weighted by atomic mass is 10.0. The number of nitrogens with zero attached hydrogens (tertiary/aromatic N) is 1. The fourth-order valence-corrected chi connectivity index (χ4v) is 1.94. The minimum absolute atomic E-state index is 0.0655. The van der Waals surface area contributed by atoms with Gasteiger partial charge in [-0.3, -0.25) is 4.98 Å². The summed E-state index contributed by atoms with van der Waals surface area (Å²) >= 11 is 6.04. The second-order valence-corrected chi connectivity index (χ2v) is 3.99. The molecule has 0 fully saturated rings. The lowest BCUT2D eigenvalue weighted by Crippen LogP contribution is -2.01. The highest BCUT2D eigenvalue weighted by molar-refractivity contribution is 6.34. The van der Waals surface area contributed by atoms with Crippen molar-refractivity contribution in [1.82, 2.24) is 4.98 Å². The molecule has 0 saturated heterocycles. The Morgan fingerprint density at radius 2 is 2.17 bits per heavy atom. The molecular weight excluding hydrogens is 254 g/mol. The Labute approximate surface area is 109 Å². The SMILES string of the molecule is COc1cccc(-c2c(Cl)cncc2C(=O)O)c1. The van der Waals surface area contributed by atoms with Crippen molar-refractivity contribution in [3.05, 3.63) is 47.2 Å². The smallest absolute Gasteiger partial charge is 0.337 e. The summed E-state index contributed by atoms with van der Waals surface area (Å²) in [6.45, 7) is 0. The van der Waals surface area contributed by atoms with Crippen LogP contribution < -0.4 is 4.74 Å². The number of halogens is 1. The highest BCUT2D eigenvalue weighted by atomic mass is 35.5. The second kappa shape index (κ2) is 5.06. The number of hydrogen-bond acceptors (Lipinski definition) is 3. The van der Waals surface area contributed by atoms with E-state index in [1.54, 1.807) is 31.4 Å². The molecule has 0 aliphatic carbocycles. The van der Waals surface area contributed by atoms with Crippen molar-refractivity contribution in [1.29, 1.82) is 0 Å². The van der Waals surface area contributed by atoms with Gasteiger partial charge in [-0.05, 0) is 17.7 Å². The molecule has 1 heterocycles. The van der Waals surface area contributed by atoms with Gasteiger partial charge >= 0.3 is 5.97 Å². The van der Waals surface area contributed by atoms with Crippen LogP contribution in [0.2, 0.25) is 5.02 Å². The maximum absolute atomic E-state index is 11.2. The number of rotatable bonds is 3. The molecule has 0 amide bonds. The van der Waals surface area contributed by atoms with E-state index < -0.39 is 5.97 Å². The van der Waals surface area contributed by atoms with Crippen LogP contribution in [0.4, 0.5) is 0 Å². The molecule has 1 N–H and O–H groups in total. The number of pyridine rings is 1. The first kappa shape index (κ1) is 12.4. The van der Waals surface area contributed by atoms with Gasteiger partial charge in [0.2, 0.25) is 0 Å². The van der Waals surface area contributed by atoms with Crippen LogP contribution in [0.15, 0.2) is 36.7 Å². The third-order valence-corrected chi connectivity index (χ3v) is 2.78. The number of aromatic nitrogens is 1. The fourth-order valence-electron chi connectivity index (χ4n) is 1.67. The summed E-state index contributed by atoms with van der Waals surface area (Å²) in [4.78, 5) is 15.0. The van der Waals surface area contributed by atoms with Gasteiger partial charge in [0.25, 0.3) is 0 Å². The molecular formula is C13H10ClNO3. The van der Waals surface area contributed by atoms with Crippen LogP contribution in [0, 0.1) is 0 Å². The topological polar surface area (TPSA) is 59.4 Å². The molecule has 0 unspecified atom stereocenters. The van der Waals surface area contributed by atoms with E-state index in [0.717, 1.165) is 0 Å². The molecule has 0 aliphatic heterocycles. The fraction of sp³-hybridized carbons (Fsp3) is 0.0769. The Balaban J connectivity index is 2.65. The Hall–Kier alpha value is -2.07. The Morgan fingerprint density at radius 3 is 2.83 bits per heavy atom. The van der Waals surface area contributed by atoms with E-state index >= 15 is 0 Å². The third kappa shape index (κ3) is 2.28. The average Bonchev–Trinajstić information content (AvgIpc) is 2.38. The van der Waals surface area contributed by atoms with Gasteiger partial charge in [0.15, 0.2) is 0 Å². The van der Waals surface area contributed by atoms with Crippen molar-refractivity contribution in [2.75, 3.05) is 7.11 Å². The lowest BCUT2D eigenvalue weighted by Gasteiger charge is -2.09. The zero-order valence-corrected chi connectivity index (χ0v) is 10.3. The minimum Gasteiger partial charge on any atom is -0.497 e. The highest BCUT2D eigenvalue weighted by Crippen LogP contribution is 2.32. The molecule has 0 atom stereocenters. The van der Waals surface area contributed by atoms with Gasteiger partial charge in [-0.1, -0.05) is 23.7 Å². The van der Waals surface area contributed by atoms with Gasteiger partial charge in [0, 0.05) is 18.0 Å². The van der Waals surface area contributed by atoms with Gasteiger partial charge in [0.05, 0.1) is 17.7 Å². The van der Waals surface area contributed by atoms with Gasteiger partial charge in [-0.15, -0.1) is 0 Å². The molecule has 2 aromatic rings. The largest absolute Gasteiger partial charge is 0.497 e. The summed E-state index contributed by atoms with van der Waals surface area (Å²) in [5.41, 5.74) is 1.19. The maximum Gasteiger partial charge on any atom is 0.337 e. The van der Waals surface area contributed by atoms with Crippen molar-refractivity contribution >= 4 is 17.6 Å². The van der Waals surface area contributed by atoms with E-state index in [2.05, 4.69) is 4.98 Å². The van der Waals surface area contributed by atoms with Crippen molar-refractivity contribution in [3.8, 4) is 16.9 Å². The van der Waals surface area contributed by atoms with Crippen LogP contribution in [0.3, 0.4) is 0 Å². The van der Waals surface area contributed by atoms with Gasteiger partial charge in [-0.25, -0.2) is 4.79 Å². The first-order chi connectivity index (χ1) is 8.63. The Bertz CT molecular complexity index is 599. The molecule has 92 valence electrons. The first-order valence-electron chi connectivity index (χ1n) is 5.14. The number of benzene rings is 1. The third-order valence-electron chi connectivity index (χ3n) is 2.49. The molecule has 0 aliphatic rings. The van der Waals surface area contributed by atoms with Gasteiger partial charge < -0.3 is 9.84 Å². The van der Waals surface area contributed by atoms with Crippen molar-refractivity contribution in [3.63, 3.8) is 0 Å². The number of aromatic carboxylic acids is 1. The van der Waals surface area contributed by atoms with Crippen LogP contribution in [0.5, 0.6) is 5.75 Å². The number of hydrogen-bond donors (Lipinski definition) is 1. The van der Waals surface area contributed by atoms with Crippen molar-refractivity contribution in [2.24, 2.45) is 0 Å². The van der Waals surface area contributed by atoms with Crippen LogP contribution in [0.1, 0.15) is 10.4 Å². The Morgan fingerprint density at radius 1 is 1.39 bits per heavy atom. The quantitative estimate of drug-likeness (QED) is 0.924. The van der Waals surface area contributed by atoms with E-state index in [9.17, 15) is 4.79 Å². The molecule has 1 aromatic carbocycles. The summed E-state index contributed by atoms with van der Waals surface area (Å²) in [5, 5.41) is 9.44. The zero-order chi connectivity index (χ0) is 13.1. The molecule has 2 rings (SSSR count). The second-order valence-electron chi connectivity index (χ2n) is 3.58. The summed E-state index contributed by atoms with van der Waals surface area (Å²) in [6, 6.07) is 7.05. The molecule has 4 nitrogen and oxygen atoms in total. The Kier molecular flexibility index (Phi) is 3.48. The van der Waals surface area contributed by atoms with Crippen LogP contribution in [0.25, 0.3) is 11.1 Å². The number of carboxylic acid groups (broad SMARTS) is 1. The molecule has 1 aromatic heterocycles. The maximum atomic E-state index is 11.2. The van der Waals surface area contributed by atoms with E-state index in [-0.39, 0.29) is 5.56 Å². The molecule has 5 heteroatoms. The molecule has 0 spiro atoms. The predicted molar refractivity (Wildman–Crippen MR) is 68.2 cm³/mol. The number of ether oxygens (including phenoxy) is 1. The van der Waals surface area contributed by atoms with Crippen molar-refractivity contribution in [2.45, 2.75) is 0 Å². The van der Waals surface area contributed by atoms with Crippen LogP contribution >= 0.6 is 11.6 Å². The molecule has 0 bridgehead atoms. The standard InChI is InChI=1S/C13H10ClNO3/c1-18-9-4-2-3-8(5-9)12-10(13(16)17)6-15-7-11(12)14/h2-7H,1H3,(H,16,17). The summed E-state index contributed by atoms with van der Waals surface area (Å²) in [5.74, 6) is -0.431. The van der Waals surface area contributed by atoms with E-state index in [1.165, 1.54) is 12.4 Å². The number of carbonyl (C=O) groups is 1. The number of carboxylic acids is 1. The minimum atomic E-state index is -1.07. The normalized spacial score (nSPS) is 10.1. The van der Waals surface area contributed by atoms with Gasteiger partial charge in [0.1, 0.15) is 5.75 Å². The van der Waals surface area contributed by atoms with E-state index in [1.807, 2.05) is 0 Å². The van der Waals surface area contributed by atoms with Crippen LogP contribution in [-0.4, -0.2) is 23.2 Å². The zero-order valence-electron chi connectivity index (χ0n) is 9.55. The van der Waals surface area contributed by atoms with E-state index in [0.29, 0.717) is 21.9 Å². The number of methoxy groups -OCH3 is 1. The van der Waals surface area contributed by atoms with Crippen molar-refractivity contribution < 1.29 is 14.6 Å².